The van der Waals surface area contributed by atoms with Crippen LogP contribution in [0.25, 0.3) is 6.08 Å². The van der Waals surface area contributed by atoms with Crippen LogP contribution in [0.15, 0.2) is 41.3 Å². The number of rotatable bonds is 8. The lowest BCUT2D eigenvalue weighted by Crippen LogP contribution is -2.15. The van der Waals surface area contributed by atoms with Crippen LogP contribution in [0.3, 0.4) is 0 Å². The first kappa shape index (κ1) is 20.8. The van der Waals surface area contributed by atoms with Crippen LogP contribution < -0.4 is 14.8 Å². The summed E-state index contributed by atoms with van der Waals surface area (Å²) in [6.07, 6.45) is 4.95. The Labute approximate surface area is 180 Å². The van der Waals surface area contributed by atoms with Crippen LogP contribution in [0.5, 0.6) is 5.75 Å². The van der Waals surface area contributed by atoms with E-state index in [0.717, 1.165) is 29.0 Å². The highest BCUT2D eigenvalue weighted by molar-refractivity contribution is 8.00. The van der Waals surface area contributed by atoms with Crippen molar-refractivity contribution < 1.29 is 18.7 Å². The molecule has 0 amide bonds. The molecule has 4 rings (SSSR count). The van der Waals surface area contributed by atoms with Crippen LogP contribution in [0.1, 0.15) is 40.7 Å². The third-order valence-electron chi connectivity index (χ3n) is 5.39. The number of anilines is 1. The van der Waals surface area contributed by atoms with E-state index >= 15 is 0 Å². The molecule has 30 heavy (non-hydrogen) atoms. The highest BCUT2D eigenvalue weighted by Crippen LogP contribution is 2.55. The van der Waals surface area contributed by atoms with Crippen LogP contribution in [0, 0.1) is 11.7 Å². The first-order chi connectivity index (χ1) is 14.6. The summed E-state index contributed by atoms with van der Waals surface area (Å²) in [5.74, 6) is 0.935. The molecule has 2 unspecified atom stereocenters. The maximum Gasteiger partial charge on any atom is 0.343 e. The number of fused-ring (bicyclic) bond motifs is 3. The summed E-state index contributed by atoms with van der Waals surface area (Å²) in [5, 5.41) is 3.20. The smallest absolute Gasteiger partial charge is 0.343 e. The monoisotopic (exact) mass is 428 g/mol. The molecular weight excluding hydrogens is 403 g/mol. The SMILES string of the molecule is CCNC/C=C\c1cc(F)ccc1SNc1ccc2c(c1C(=O)OC)OCC1CC21. The van der Waals surface area contributed by atoms with Crippen molar-refractivity contribution in [3.8, 4) is 5.75 Å². The van der Waals surface area contributed by atoms with Crippen LogP contribution in [-0.4, -0.2) is 32.8 Å². The number of nitrogens with one attached hydrogen (secondary N) is 2. The number of likely N-dealkylation sites (N-methyl/N-ethyl adjacent to an activating group) is 1. The van der Waals surface area contributed by atoms with E-state index in [-0.39, 0.29) is 5.82 Å². The average Bonchev–Trinajstić information content (AvgIpc) is 3.55. The number of halogens is 1. The first-order valence-electron chi connectivity index (χ1n) is 10.1. The Morgan fingerprint density at radius 2 is 2.23 bits per heavy atom. The largest absolute Gasteiger partial charge is 0.492 e. The van der Waals surface area contributed by atoms with Crippen molar-refractivity contribution in [2.45, 2.75) is 24.2 Å². The Kier molecular flexibility index (Phi) is 6.29. The molecule has 1 aliphatic heterocycles. The van der Waals surface area contributed by atoms with Gasteiger partial charge in [0.15, 0.2) is 0 Å². The normalized spacial score (nSPS) is 19.0. The lowest BCUT2D eigenvalue weighted by Gasteiger charge is -2.21. The number of esters is 1. The Morgan fingerprint density at radius 1 is 1.37 bits per heavy atom. The zero-order valence-corrected chi connectivity index (χ0v) is 17.9. The van der Waals surface area contributed by atoms with Gasteiger partial charge in [0.05, 0.1) is 19.4 Å². The quantitative estimate of drug-likeness (QED) is 0.356. The van der Waals surface area contributed by atoms with Crippen LogP contribution in [0.2, 0.25) is 0 Å². The summed E-state index contributed by atoms with van der Waals surface area (Å²) in [7, 11) is 1.37. The number of hydrogen-bond donors (Lipinski definition) is 2. The van der Waals surface area contributed by atoms with E-state index in [0.29, 0.717) is 42.0 Å². The molecule has 0 spiro atoms. The molecule has 2 atom stereocenters. The van der Waals surface area contributed by atoms with E-state index in [2.05, 4.69) is 10.0 Å². The molecule has 1 aliphatic carbocycles. The van der Waals surface area contributed by atoms with E-state index in [1.807, 2.05) is 31.2 Å². The zero-order chi connectivity index (χ0) is 21.1. The summed E-state index contributed by atoms with van der Waals surface area (Å²) < 4.78 is 28.0. The maximum atomic E-state index is 13.8. The number of carbonyl (C=O) groups is 1. The second-order valence-electron chi connectivity index (χ2n) is 7.41. The van der Waals surface area contributed by atoms with Crippen molar-refractivity contribution in [2.75, 3.05) is 31.5 Å². The average molecular weight is 429 g/mol. The van der Waals surface area contributed by atoms with Gasteiger partial charge < -0.3 is 19.5 Å². The van der Waals surface area contributed by atoms with Crippen LogP contribution in [0.4, 0.5) is 10.1 Å². The van der Waals surface area contributed by atoms with Gasteiger partial charge in [0.25, 0.3) is 0 Å². The standard InChI is InChI=1S/C23H25FN2O3S/c1-3-25-10-4-5-14-11-16(24)6-9-20(14)30-26-19-8-7-17-18-12-15(18)13-29-22(17)21(19)23(27)28-2/h4-9,11,15,18,25-26H,3,10,12-13H2,1-2H3/b5-4-. The summed E-state index contributed by atoms with van der Waals surface area (Å²) in [6.45, 7) is 4.25. The lowest BCUT2D eigenvalue weighted by molar-refractivity contribution is 0.0596. The fourth-order valence-corrected chi connectivity index (χ4v) is 4.48. The van der Waals surface area contributed by atoms with Gasteiger partial charge >= 0.3 is 5.97 Å². The minimum atomic E-state index is -0.432. The molecule has 0 bridgehead atoms. The molecule has 158 valence electrons. The number of benzene rings is 2. The molecule has 2 N–H and O–H groups in total. The van der Waals surface area contributed by atoms with Gasteiger partial charge in [-0.05, 0) is 66.2 Å². The van der Waals surface area contributed by atoms with Crippen LogP contribution in [-0.2, 0) is 4.74 Å². The minimum Gasteiger partial charge on any atom is -0.492 e. The fraction of sp³-hybridized carbons (Fsp3) is 0.348. The van der Waals surface area contributed by atoms with E-state index in [1.165, 1.54) is 31.2 Å². The van der Waals surface area contributed by atoms with Gasteiger partial charge in [0, 0.05) is 17.4 Å². The van der Waals surface area contributed by atoms with Gasteiger partial charge in [-0.25, -0.2) is 9.18 Å². The molecule has 0 aromatic heterocycles. The van der Waals surface area contributed by atoms with Crippen molar-refractivity contribution in [1.29, 1.82) is 0 Å². The number of hydrogen-bond acceptors (Lipinski definition) is 6. The Balaban J connectivity index is 1.58. The molecule has 0 saturated heterocycles. The molecule has 1 fully saturated rings. The third-order valence-corrected chi connectivity index (χ3v) is 6.31. The molecule has 2 aromatic carbocycles. The Hall–Kier alpha value is -2.51. The van der Waals surface area contributed by atoms with E-state index in [4.69, 9.17) is 9.47 Å². The predicted molar refractivity (Wildman–Crippen MR) is 118 cm³/mol. The van der Waals surface area contributed by atoms with Crippen molar-refractivity contribution in [2.24, 2.45) is 5.92 Å². The summed E-state index contributed by atoms with van der Waals surface area (Å²) in [5.41, 5.74) is 2.88. The van der Waals surface area contributed by atoms with Crippen molar-refractivity contribution in [3.63, 3.8) is 0 Å². The van der Waals surface area contributed by atoms with Gasteiger partial charge in [-0.2, -0.15) is 0 Å². The molecule has 1 heterocycles. The minimum absolute atomic E-state index is 0.293. The Morgan fingerprint density at radius 3 is 3.03 bits per heavy atom. The van der Waals surface area contributed by atoms with Gasteiger partial charge in [-0.1, -0.05) is 25.1 Å². The molecule has 0 radical (unpaired) electrons. The number of methoxy groups -OCH3 is 1. The van der Waals surface area contributed by atoms with Gasteiger partial charge in [0.2, 0.25) is 0 Å². The highest BCUT2D eigenvalue weighted by Gasteiger charge is 2.45. The maximum absolute atomic E-state index is 13.8. The molecule has 2 aromatic rings. The second kappa shape index (κ2) is 9.10. The zero-order valence-electron chi connectivity index (χ0n) is 17.0. The Bertz CT molecular complexity index is 979. The topological polar surface area (TPSA) is 59.6 Å². The molecule has 2 aliphatic rings. The van der Waals surface area contributed by atoms with E-state index in [1.54, 1.807) is 6.07 Å². The summed E-state index contributed by atoms with van der Waals surface area (Å²) in [6, 6.07) is 8.57. The second-order valence-corrected chi connectivity index (χ2v) is 8.26. The van der Waals surface area contributed by atoms with Crippen molar-refractivity contribution in [1.82, 2.24) is 5.32 Å². The summed E-state index contributed by atoms with van der Waals surface area (Å²) >= 11 is 1.32. The predicted octanol–water partition coefficient (Wildman–Crippen LogP) is 4.85. The summed E-state index contributed by atoms with van der Waals surface area (Å²) in [4.78, 5) is 13.4. The molecular formula is C23H25FN2O3S. The molecule has 1 saturated carbocycles. The molecule has 5 nitrogen and oxygen atoms in total. The van der Waals surface area contributed by atoms with Crippen molar-refractivity contribution in [3.05, 3.63) is 58.9 Å². The van der Waals surface area contributed by atoms with Gasteiger partial charge in [-0.3, -0.25) is 0 Å². The first-order valence-corrected chi connectivity index (χ1v) is 10.9. The van der Waals surface area contributed by atoms with Crippen molar-refractivity contribution >= 4 is 29.7 Å². The van der Waals surface area contributed by atoms with Gasteiger partial charge in [0.1, 0.15) is 17.1 Å². The fourth-order valence-electron chi connectivity index (χ4n) is 3.71. The van der Waals surface area contributed by atoms with Crippen LogP contribution >= 0.6 is 11.9 Å². The number of ether oxygens (including phenoxy) is 2. The third kappa shape index (κ3) is 4.32. The van der Waals surface area contributed by atoms with E-state index < -0.39 is 5.97 Å². The van der Waals surface area contributed by atoms with Gasteiger partial charge in [-0.15, -0.1) is 0 Å². The molecule has 7 heteroatoms. The highest BCUT2D eigenvalue weighted by atomic mass is 32.2. The lowest BCUT2D eigenvalue weighted by atomic mass is 10.0. The van der Waals surface area contributed by atoms with E-state index in [9.17, 15) is 9.18 Å². The number of carbonyl (C=O) groups excluding carboxylic acids is 1.